The second kappa shape index (κ2) is 26.4. The van der Waals surface area contributed by atoms with E-state index in [-0.39, 0.29) is 47.6 Å². The predicted molar refractivity (Wildman–Crippen MR) is 278 cm³/mol. The van der Waals surface area contributed by atoms with Crippen LogP contribution in [0.2, 0.25) is 25.7 Å². The Labute approximate surface area is 441 Å². The third kappa shape index (κ3) is 14.9. The summed E-state index contributed by atoms with van der Waals surface area (Å²) < 4.78 is 63.8. The maximum atomic E-state index is 14.5. The molecular weight excluding hydrogens is 993 g/mol. The smallest absolute Gasteiger partial charge is 0.338 e. The summed E-state index contributed by atoms with van der Waals surface area (Å²) in [6.07, 6.45) is -16.3. The van der Waals surface area contributed by atoms with Crippen LogP contribution in [0.4, 0.5) is 0 Å². The van der Waals surface area contributed by atoms with Crippen molar-refractivity contribution in [2.24, 2.45) is 0 Å². The van der Waals surface area contributed by atoms with Gasteiger partial charge in [-0.1, -0.05) is 141 Å². The van der Waals surface area contributed by atoms with E-state index in [1.807, 2.05) is 30.3 Å². The molecule has 0 spiro atoms. The average Bonchev–Trinajstić information content (AvgIpc) is 3.45. The number of rotatable bonds is 21. The largest absolute Gasteiger partial charge is 0.459 e. The van der Waals surface area contributed by atoms with Crippen molar-refractivity contribution < 1.29 is 76.4 Å². The van der Waals surface area contributed by atoms with Gasteiger partial charge in [-0.05, 0) is 72.3 Å². The van der Waals surface area contributed by atoms with Crippen LogP contribution in [-0.2, 0) is 54.0 Å². The first kappa shape index (κ1) is 54.9. The molecule has 76 heavy (non-hydrogen) atoms. The Morgan fingerprint density at radius 3 is 1.28 bits per heavy atom. The quantitative estimate of drug-likeness (QED) is 0.0409. The van der Waals surface area contributed by atoms with Gasteiger partial charge in [-0.25, -0.2) is 24.0 Å². The van der Waals surface area contributed by atoms with Gasteiger partial charge in [0, 0.05) is 14.7 Å². The molecule has 6 aromatic rings. The molecule has 0 radical (unpaired) electrons. The number of esters is 5. The maximum absolute atomic E-state index is 14.5. The number of aliphatic hydroxyl groups is 1. The van der Waals surface area contributed by atoms with Gasteiger partial charge in [0.15, 0.2) is 37.0 Å². The summed E-state index contributed by atoms with van der Waals surface area (Å²) in [5.41, 5.74) is 1.46. The highest BCUT2D eigenvalue weighted by Gasteiger charge is 2.57. The zero-order valence-corrected chi connectivity index (χ0v) is 43.2. The van der Waals surface area contributed by atoms with E-state index < -0.39 is 106 Å². The van der Waals surface area contributed by atoms with E-state index in [0.717, 1.165) is 5.56 Å². The van der Waals surface area contributed by atoms with Crippen molar-refractivity contribution in [1.82, 2.24) is 0 Å². The van der Waals surface area contributed by atoms with Crippen LogP contribution in [-0.4, -0.2) is 124 Å². The molecule has 2 saturated heterocycles. The lowest BCUT2D eigenvalue weighted by molar-refractivity contribution is -0.357. The Morgan fingerprint density at radius 2 is 0.829 bits per heavy atom. The van der Waals surface area contributed by atoms with Crippen LogP contribution in [0, 0.1) is 0 Å². The van der Waals surface area contributed by atoms with E-state index in [1.165, 1.54) is 36.4 Å². The van der Waals surface area contributed by atoms with Crippen LogP contribution in [0.1, 0.15) is 57.4 Å². The zero-order chi connectivity index (χ0) is 53.4. The molecule has 0 aliphatic carbocycles. The van der Waals surface area contributed by atoms with E-state index in [2.05, 4.69) is 19.6 Å². The SMILES string of the molecule is C[Si](C)(C)CCO[C@@H]1O[C@H](COC(=O)c2ccccc2)[C@H](O[C@H]2O[C@H](COCc3ccccc3)[C@H](O)[C@H](OC(=O)c3ccccc3)[C@H]2OC(=O)c2ccccc2)[C@H](OC(=O)c2ccccc2)[C@H]1OC(=O)c1ccccc1. The molecule has 10 atom stereocenters. The first-order chi connectivity index (χ1) is 36.8. The van der Waals surface area contributed by atoms with Crippen molar-refractivity contribution in [2.45, 2.75) is 93.7 Å². The second-order valence-electron chi connectivity index (χ2n) is 19.3. The molecule has 2 fully saturated rings. The molecule has 0 saturated carbocycles. The van der Waals surface area contributed by atoms with Gasteiger partial charge in [0.1, 0.15) is 31.0 Å². The first-order valence-electron chi connectivity index (χ1n) is 25.0. The van der Waals surface area contributed by atoms with Crippen molar-refractivity contribution in [3.63, 3.8) is 0 Å². The van der Waals surface area contributed by atoms with Gasteiger partial charge >= 0.3 is 29.8 Å². The Bertz CT molecular complexity index is 2800. The summed E-state index contributed by atoms with van der Waals surface area (Å²) in [5.74, 6) is -4.26. The number of hydrogen-bond donors (Lipinski definition) is 1. The van der Waals surface area contributed by atoms with Gasteiger partial charge in [-0.3, -0.25) is 0 Å². The summed E-state index contributed by atoms with van der Waals surface area (Å²) in [5, 5.41) is 12.3. The lowest BCUT2D eigenvalue weighted by Gasteiger charge is -2.48. The standard InChI is InChI=1S/C59H60O16Si/c1-76(2,3)35-34-67-58-52(74-57(65)44-32-20-9-21-33-44)50(72-55(63)42-28-16-7-17-29-42)48(46(70-58)38-68-53(61)40-24-12-5-13-25-40)75-59-51(73-56(64)43-30-18-8-19-31-43)49(71-54(62)41-26-14-6-15-27-41)47(60)45(69-59)37-66-36-39-22-10-4-11-23-39/h4-33,45-52,58-60H,34-38H2,1-3H3/t45-,46-,47+,48+,49+,50+,51-,52-,58-,59-/m1/s1. The molecule has 396 valence electrons. The Kier molecular flexibility index (Phi) is 19.1. The molecule has 1 N–H and O–H groups in total. The fourth-order valence-electron chi connectivity index (χ4n) is 8.35. The van der Waals surface area contributed by atoms with Crippen molar-refractivity contribution in [1.29, 1.82) is 0 Å². The van der Waals surface area contributed by atoms with Crippen molar-refractivity contribution in [3.05, 3.63) is 215 Å². The molecule has 0 bridgehead atoms. The van der Waals surface area contributed by atoms with E-state index in [1.54, 1.807) is 115 Å². The molecule has 0 aromatic heterocycles. The first-order valence-corrected chi connectivity index (χ1v) is 28.7. The van der Waals surface area contributed by atoms with Crippen LogP contribution in [0.25, 0.3) is 0 Å². The van der Waals surface area contributed by atoms with E-state index in [9.17, 15) is 29.1 Å². The lowest BCUT2D eigenvalue weighted by atomic mass is 9.96. The summed E-state index contributed by atoms with van der Waals surface area (Å²) >= 11 is 0. The highest BCUT2D eigenvalue weighted by Crippen LogP contribution is 2.36. The van der Waals surface area contributed by atoms with Crippen LogP contribution in [0.5, 0.6) is 0 Å². The Hall–Kier alpha value is -7.35. The predicted octanol–water partition coefficient (Wildman–Crippen LogP) is 8.51. The van der Waals surface area contributed by atoms with Crippen molar-refractivity contribution >= 4 is 37.9 Å². The minimum atomic E-state index is -1.84. The summed E-state index contributed by atoms with van der Waals surface area (Å²) in [7, 11) is -1.78. The van der Waals surface area contributed by atoms with Crippen LogP contribution < -0.4 is 0 Å². The van der Waals surface area contributed by atoms with Crippen molar-refractivity contribution in [3.8, 4) is 0 Å². The van der Waals surface area contributed by atoms with Gasteiger partial charge in [-0.2, -0.15) is 0 Å². The number of carbonyl (C=O) groups excluding carboxylic acids is 5. The van der Waals surface area contributed by atoms with Crippen molar-refractivity contribution in [2.75, 3.05) is 19.8 Å². The maximum Gasteiger partial charge on any atom is 0.338 e. The van der Waals surface area contributed by atoms with Gasteiger partial charge in [0.05, 0.1) is 41.0 Å². The van der Waals surface area contributed by atoms with E-state index >= 15 is 0 Å². The highest BCUT2D eigenvalue weighted by molar-refractivity contribution is 6.76. The van der Waals surface area contributed by atoms with Crippen LogP contribution in [0.3, 0.4) is 0 Å². The zero-order valence-electron chi connectivity index (χ0n) is 42.2. The normalized spacial score (nSPS) is 23.3. The molecule has 2 heterocycles. The molecule has 16 nitrogen and oxygen atoms in total. The molecule has 0 amide bonds. The second-order valence-corrected chi connectivity index (χ2v) is 24.9. The molecule has 6 aromatic carbocycles. The third-order valence-electron chi connectivity index (χ3n) is 12.4. The Balaban J connectivity index is 1.25. The van der Waals surface area contributed by atoms with Gasteiger partial charge < -0.3 is 52.5 Å². The summed E-state index contributed by atoms with van der Waals surface area (Å²) in [6, 6.07) is 50.2. The molecular formula is C59H60O16Si. The monoisotopic (exact) mass is 1050 g/mol. The van der Waals surface area contributed by atoms with Crippen LogP contribution >= 0.6 is 0 Å². The van der Waals surface area contributed by atoms with Gasteiger partial charge in [-0.15, -0.1) is 0 Å². The minimum Gasteiger partial charge on any atom is -0.459 e. The number of ether oxygens (including phenoxy) is 10. The van der Waals surface area contributed by atoms with Gasteiger partial charge in [0.25, 0.3) is 0 Å². The third-order valence-corrected chi connectivity index (χ3v) is 14.1. The van der Waals surface area contributed by atoms with Gasteiger partial charge in [0.2, 0.25) is 0 Å². The molecule has 2 aliphatic rings. The minimum absolute atomic E-state index is 0.0796. The number of hydrogen-bond acceptors (Lipinski definition) is 16. The summed E-state index contributed by atoms with van der Waals surface area (Å²) in [6.45, 7) is 5.76. The number of carbonyl (C=O) groups is 5. The summed E-state index contributed by atoms with van der Waals surface area (Å²) in [4.78, 5) is 70.8. The molecule has 17 heteroatoms. The highest BCUT2D eigenvalue weighted by atomic mass is 28.3. The molecule has 2 aliphatic heterocycles. The van der Waals surface area contributed by atoms with E-state index in [0.29, 0.717) is 6.04 Å². The van der Waals surface area contributed by atoms with Crippen LogP contribution in [0.15, 0.2) is 182 Å². The average molecular weight is 1050 g/mol. The molecule has 8 rings (SSSR count). The fourth-order valence-corrected chi connectivity index (χ4v) is 9.08. The molecule has 0 unspecified atom stereocenters. The fraction of sp³-hybridized carbons (Fsp3) is 0.305. The topological polar surface area (TPSA) is 198 Å². The Morgan fingerprint density at radius 1 is 0.447 bits per heavy atom. The number of aliphatic hydroxyl groups excluding tert-OH is 1. The number of benzene rings is 6. The van der Waals surface area contributed by atoms with E-state index in [4.69, 9.17) is 47.4 Å². The lowest BCUT2D eigenvalue weighted by Crippen LogP contribution is -2.67.